The lowest BCUT2D eigenvalue weighted by Gasteiger charge is -2.37. The van der Waals surface area contributed by atoms with Crippen molar-refractivity contribution in [3.63, 3.8) is 0 Å². The molecule has 0 unspecified atom stereocenters. The molecule has 0 bridgehead atoms. The highest BCUT2D eigenvalue weighted by molar-refractivity contribution is 6.74. The zero-order chi connectivity index (χ0) is 28.1. The largest absolute Gasteiger partial charge is 0.543 e. The average Bonchev–Trinajstić information content (AvgIpc) is 3.25. The molecule has 0 aliphatic carbocycles. The molecule has 9 heteroatoms. The molecule has 0 aromatic heterocycles. The summed E-state index contributed by atoms with van der Waals surface area (Å²) < 4.78 is 28.8. The molecule has 0 atom stereocenters. The number of nitrogens with zero attached hydrogens (tertiary/aromatic N) is 1. The van der Waals surface area contributed by atoms with E-state index in [0.29, 0.717) is 37.2 Å². The smallest absolute Gasteiger partial charge is 0.342 e. The van der Waals surface area contributed by atoms with Crippen molar-refractivity contribution >= 4 is 20.3 Å². The van der Waals surface area contributed by atoms with Crippen LogP contribution in [0.1, 0.15) is 67.6 Å². The lowest BCUT2D eigenvalue weighted by atomic mass is 9.94. The van der Waals surface area contributed by atoms with Gasteiger partial charge in [-0.1, -0.05) is 32.4 Å². The Morgan fingerprint density at radius 1 is 1.13 bits per heavy atom. The Kier molecular flexibility index (Phi) is 10.1. The van der Waals surface area contributed by atoms with Crippen molar-refractivity contribution in [3.8, 4) is 11.5 Å². The summed E-state index contributed by atoms with van der Waals surface area (Å²) in [6.07, 6.45) is 3.53. The number of morpholine rings is 1. The summed E-state index contributed by atoms with van der Waals surface area (Å²) in [5, 5.41) is -0.0499. The monoisotopic (exact) mass is 547 g/mol. The van der Waals surface area contributed by atoms with Gasteiger partial charge in [0.1, 0.15) is 30.3 Å². The van der Waals surface area contributed by atoms with Crippen LogP contribution in [0.15, 0.2) is 11.6 Å². The number of hydrogen-bond acceptors (Lipinski definition) is 8. The Labute approximate surface area is 228 Å². The highest BCUT2D eigenvalue weighted by atomic mass is 28.4. The Morgan fingerprint density at radius 3 is 2.45 bits per heavy atom. The molecule has 0 N–H and O–H groups in total. The van der Waals surface area contributed by atoms with Crippen molar-refractivity contribution in [2.24, 2.45) is 0 Å². The van der Waals surface area contributed by atoms with E-state index in [0.717, 1.165) is 60.9 Å². The Bertz CT molecular complexity index is 1050. The number of cyclic esters (lactones) is 1. The van der Waals surface area contributed by atoms with Gasteiger partial charge in [-0.05, 0) is 50.4 Å². The maximum absolute atomic E-state index is 12.8. The van der Waals surface area contributed by atoms with Crippen LogP contribution in [-0.4, -0.2) is 71.7 Å². The van der Waals surface area contributed by atoms with Gasteiger partial charge in [0.25, 0.3) is 8.32 Å². The molecule has 3 rings (SSSR count). The lowest BCUT2D eigenvalue weighted by molar-refractivity contribution is -0.144. The molecule has 0 radical (unpaired) electrons. The third kappa shape index (κ3) is 7.18. The van der Waals surface area contributed by atoms with E-state index in [1.165, 1.54) is 0 Å². The number of ether oxygens (including phenoxy) is 4. The minimum absolute atomic E-state index is 0.0499. The van der Waals surface area contributed by atoms with Crippen molar-refractivity contribution < 1.29 is 33.0 Å². The van der Waals surface area contributed by atoms with Gasteiger partial charge in [-0.3, -0.25) is 9.69 Å². The van der Waals surface area contributed by atoms with E-state index in [-0.39, 0.29) is 23.6 Å². The zero-order valence-corrected chi connectivity index (χ0v) is 25.5. The third-order valence-corrected chi connectivity index (χ3v) is 12.3. The normalized spacial score (nSPS) is 16.7. The number of hydrogen-bond donors (Lipinski definition) is 0. The van der Waals surface area contributed by atoms with Gasteiger partial charge < -0.3 is 23.4 Å². The predicted molar refractivity (Wildman–Crippen MR) is 150 cm³/mol. The maximum atomic E-state index is 12.8. The van der Waals surface area contributed by atoms with Crippen LogP contribution in [0.5, 0.6) is 11.5 Å². The second-order valence-electron chi connectivity index (χ2n) is 11.7. The highest BCUT2D eigenvalue weighted by Crippen LogP contribution is 2.46. The number of carbonyl (C=O) groups is 2. The van der Waals surface area contributed by atoms with Gasteiger partial charge in [-0.25, -0.2) is 4.79 Å². The van der Waals surface area contributed by atoms with E-state index in [1.54, 1.807) is 7.11 Å². The van der Waals surface area contributed by atoms with Crippen LogP contribution >= 0.6 is 0 Å². The van der Waals surface area contributed by atoms with Gasteiger partial charge in [0, 0.05) is 37.2 Å². The van der Waals surface area contributed by atoms with Gasteiger partial charge >= 0.3 is 11.9 Å². The van der Waals surface area contributed by atoms with Crippen LogP contribution in [0.3, 0.4) is 0 Å². The highest BCUT2D eigenvalue weighted by Gasteiger charge is 2.42. The molecule has 1 fully saturated rings. The van der Waals surface area contributed by atoms with E-state index in [9.17, 15) is 9.59 Å². The van der Waals surface area contributed by atoms with Crippen LogP contribution in [-0.2, 0) is 32.0 Å². The van der Waals surface area contributed by atoms with Crippen molar-refractivity contribution in [2.75, 3.05) is 46.6 Å². The van der Waals surface area contributed by atoms with Crippen LogP contribution in [0.25, 0.3) is 0 Å². The summed E-state index contributed by atoms with van der Waals surface area (Å²) in [4.78, 5) is 27.4. The number of benzene rings is 1. The minimum atomic E-state index is -2.27. The molecule has 1 aromatic carbocycles. The van der Waals surface area contributed by atoms with Crippen LogP contribution in [0.2, 0.25) is 18.1 Å². The SMILES string of the molecule is COc1c(C)c2c(c(O[Si](C)(C)C(C)(C)C)c1CC=C(C)CCC(=O)OCCN1CCOCC1)C(=O)OC2. The second-order valence-corrected chi connectivity index (χ2v) is 16.4. The molecule has 2 aliphatic rings. The van der Waals surface area contributed by atoms with Crippen LogP contribution in [0.4, 0.5) is 0 Å². The standard InChI is InChI=1S/C29H45NO7Si/c1-20(10-12-24(31)35-18-15-30-13-16-34-17-14-30)9-11-22-26(33-6)21(2)23-19-36-28(32)25(23)27(22)37-38(7,8)29(3,4)5/h9H,10-19H2,1-8H3. The van der Waals surface area contributed by atoms with Crippen LogP contribution < -0.4 is 9.16 Å². The quantitative estimate of drug-likeness (QED) is 0.212. The number of rotatable bonds is 11. The first kappa shape index (κ1) is 30.2. The third-order valence-electron chi connectivity index (χ3n) is 7.94. The first-order chi connectivity index (χ1) is 17.9. The van der Waals surface area contributed by atoms with E-state index in [4.69, 9.17) is 23.4 Å². The second kappa shape index (κ2) is 12.7. The molecule has 0 saturated carbocycles. The van der Waals surface area contributed by atoms with Gasteiger partial charge in [0.05, 0.1) is 20.3 Å². The van der Waals surface area contributed by atoms with Crippen molar-refractivity contribution in [1.29, 1.82) is 0 Å². The average molecular weight is 548 g/mol. The van der Waals surface area contributed by atoms with E-state index in [2.05, 4.69) is 44.8 Å². The van der Waals surface area contributed by atoms with E-state index < -0.39 is 8.32 Å². The van der Waals surface area contributed by atoms with Crippen molar-refractivity contribution in [3.05, 3.63) is 33.9 Å². The minimum Gasteiger partial charge on any atom is -0.543 e. The molecule has 2 heterocycles. The van der Waals surface area contributed by atoms with E-state index in [1.807, 2.05) is 13.8 Å². The number of fused-ring (bicyclic) bond motifs is 1. The molecule has 1 saturated heterocycles. The molecule has 8 nitrogen and oxygen atoms in total. The molecule has 0 spiro atoms. The fraction of sp³-hybridized carbons (Fsp3) is 0.655. The fourth-order valence-electron chi connectivity index (χ4n) is 4.39. The van der Waals surface area contributed by atoms with Crippen molar-refractivity contribution in [2.45, 2.75) is 78.6 Å². The summed E-state index contributed by atoms with van der Waals surface area (Å²) in [7, 11) is -0.622. The molecule has 1 aromatic rings. The molecule has 2 aliphatic heterocycles. The molecule has 0 amide bonds. The fourth-order valence-corrected chi connectivity index (χ4v) is 5.44. The first-order valence-corrected chi connectivity index (χ1v) is 16.5. The Hall–Kier alpha value is -2.36. The van der Waals surface area contributed by atoms with E-state index >= 15 is 0 Å². The topological polar surface area (TPSA) is 83.5 Å². The number of carbonyl (C=O) groups excluding carboxylic acids is 2. The summed E-state index contributed by atoms with van der Waals surface area (Å²) in [6.45, 7) is 19.4. The predicted octanol–water partition coefficient (Wildman–Crippen LogP) is 5.20. The maximum Gasteiger partial charge on any atom is 0.342 e. The number of allylic oxidation sites excluding steroid dienone is 2. The van der Waals surface area contributed by atoms with Gasteiger partial charge in [0.2, 0.25) is 0 Å². The van der Waals surface area contributed by atoms with Gasteiger partial charge in [0.15, 0.2) is 0 Å². The summed E-state index contributed by atoms with van der Waals surface area (Å²) in [6, 6.07) is 0. The van der Waals surface area contributed by atoms with Gasteiger partial charge in [-0.2, -0.15) is 0 Å². The first-order valence-electron chi connectivity index (χ1n) is 13.6. The Morgan fingerprint density at radius 2 is 1.82 bits per heavy atom. The molecule has 212 valence electrons. The van der Waals surface area contributed by atoms with Crippen LogP contribution in [0, 0.1) is 6.92 Å². The number of esters is 2. The summed E-state index contributed by atoms with van der Waals surface area (Å²) >= 11 is 0. The lowest BCUT2D eigenvalue weighted by Crippen LogP contribution is -2.44. The Balaban J connectivity index is 1.74. The number of methoxy groups -OCH3 is 1. The molecule has 38 heavy (non-hydrogen) atoms. The molecular weight excluding hydrogens is 502 g/mol. The zero-order valence-electron chi connectivity index (χ0n) is 24.5. The van der Waals surface area contributed by atoms with Crippen molar-refractivity contribution in [1.82, 2.24) is 4.90 Å². The van der Waals surface area contributed by atoms with Gasteiger partial charge in [-0.15, -0.1) is 0 Å². The molecular formula is C29H45NO7Si. The summed E-state index contributed by atoms with van der Waals surface area (Å²) in [5.74, 6) is 0.772. The summed E-state index contributed by atoms with van der Waals surface area (Å²) in [5.41, 5.74) is 4.18.